The number of nitrogens with one attached hydrogen (secondary N) is 8. The van der Waals surface area contributed by atoms with Gasteiger partial charge in [0, 0.05) is 38.9 Å². The van der Waals surface area contributed by atoms with Crippen LogP contribution in [-0.2, 0) is 57.6 Å². The Labute approximate surface area is 408 Å². The number of nitrogens with two attached hydrogens (primary N) is 1. The van der Waals surface area contributed by atoms with Crippen molar-refractivity contribution in [3.63, 3.8) is 0 Å². The van der Waals surface area contributed by atoms with Gasteiger partial charge >= 0.3 is 0 Å². The summed E-state index contributed by atoms with van der Waals surface area (Å²) in [6.45, 7) is 5.55. The molecule has 10 N–H and O–H groups in total. The van der Waals surface area contributed by atoms with E-state index in [4.69, 9.17) is 11.1 Å². The summed E-state index contributed by atoms with van der Waals surface area (Å²) in [6.07, 6.45) is 1.98. The van der Waals surface area contributed by atoms with Crippen LogP contribution < -0.4 is 43.0 Å². The van der Waals surface area contributed by atoms with E-state index in [0.29, 0.717) is 30.4 Å². The molecule has 19 heteroatoms. The van der Waals surface area contributed by atoms with E-state index in [1.165, 1.54) is 16.7 Å². The van der Waals surface area contributed by atoms with Gasteiger partial charge in [0.25, 0.3) is 0 Å². The van der Waals surface area contributed by atoms with Gasteiger partial charge < -0.3 is 52.8 Å². The molecule has 0 aromatic heterocycles. The summed E-state index contributed by atoms with van der Waals surface area (Å²) in [7, 11) is 0. The highest BCUT2D eigenvalue weighted by Crippen LogP contribution is 2.26. The highest BCUT2D eigenvalue weighted by Gasteiger charge is 2.45. The first-order chi connectivity index (χ1) is 33.6. The van der Waals surface area contributed by atoms with Crippen molar-refractivity contribution >= 4 is 53.2 Å². The number of hydrogen-bond donors (Lipinski definition) is 9. The van der Waals surface area contributed by atoms with Crippen LogP contribution in [0.4, 0.5) is 0 Å². The van der Waals surface area contributed by atoms with Crippen LogP contribution in [0.5, 0.6) is 0 Å². The molecule has 70 heavy (non-hydrogen) atoms. The average molecular weight is 962 g/mol. The number of hydrogen-bond acceptors (Lipinski definition) is 9. The normalized spacial score (nSPS) is 25.6. The molecule has 8 amide bonds. The van der Waals surface area contributed by atoms with Gasteiger partial charge in [0.1, 0.15) is 48.3 Å². The monoisotopic (exact) mass is 962 g/mol. The molecular weight excluding hydrogens is 895 g/mol. The quantitative estimate of drug-likeness (QED) is 0.0732. The molecule has 0 spiro atoms. The molecule has 3 aromatic rings. The lowest BCUT2D eigenvalue weighted by molar-refractivity contribution is -0.148. The molecule has 0 radical (unpaired) electrons. The van der Waals surface area contributed by atoms with Gasteiger partial charge in [-0.1, -0.05) is 105 Å². The van der Waals surface area contributed by atoms with E-state index in [0.717, 1.165) is 5.56 Å². The number of nitrogens with zero attached hydrogens (tertiary/aromatic N) is 2. The number of benzene rings is 3. The Hall–Kier alpha value is -7.31. The fourth-order valence-corrected chi connectivity index (χ4v) is 9.21. The van der Waals surface area contributed by atoms with Crippen LogP contribution in [0.25, 0.3) is 0 Å². The molecule has 0 bridgehead atoms. The number of rotatable bonds is 11. The third-order valence-electron chi connectivity index (χ3n) is 13.0. The van der Waals surface area contributed by atoms with Gasteiger partial charge in [-0.2, -0.15) is 0 Å². The van der Waals surface area contributed by atoms with Crippen LogP contribution in [0, 0.1) is 11.3 Å². The van der Waals surface area contributed by atoms with Gasteiger partial charge in [0.05, 0.1) is 0 Å². The van der Waals surface area contributed by atoms with Crippen molar-refractivity contribution in [1.29, 1.82) is 5.41 Å². The minimum absolute atomic E-state index is 0.00278. The molecule has 3 saturated heterocycles. The van der Waals surface area contributed by atoms with Crippen LogP contribution in [0.3, 0.4) is 0 Å². The predicted molar refractivity (Wildman–Crippen MR) is 261 cm³/mol. The fraction of sp³-hybridized carbons (Fsp3) is 0.471. The first-order valence-corrected chi connectivity index (χ1v) is 24.2. The lowest BCUT2D eigenvalue weighted by atomic mass is 9.99. The zero-order chi connectivity index (χ0) is 50.3. The first-order valence-electron chi connectivity index (χ1n) is 24.2. The van der Waals surface area contributed by atoms with E-state index in [1.54, 1.807) is 68.4 Å². The summed E-state index contributed by atoms with van der Waals surface area (Å²) >= 11 is 0. The molecule has 3 fully saturated rings. The molecule has 0 aliphatic carbocycles. The molecule has 3 aliphatic rings. The topological polar surface area (TPSA) is 277 Å². The average Bonchev–Trinajstić information content (AvgIpc) is 4.05. The summed E-state index contributed by atoms with van der Waals surface area (Å²) in [6, 6.07) is 17.8. The number of carbonyl (C=O) groups excluding carboxylic acids is 8. The summed E-state index contributed by atoms with van der Waals surface area (Å²) in [5, 5.41) is 27.2. The van der Waals surface area contributed by atoms with Crippen molar-refractivity contribution in [1.82, 2.24) is 47.0 Å². The van der Waals surface area contributed by atoms with E-state index in [2.05, 4.69) is 37.2 Å². The van der Waals surface area contributed by atoms with E-state index in [9.17, 15) is 38.4 Å². The van der Waals surface area contributed by atoms with Gasteiger partial charge in [-0.05, 0) is 68.1 Å². The maximum absolute atomic E-state index is 14.6. The zero-order valence-corrected chi connectivity index (χ0v) is 40.1. The van der Waals surface area contributed by atoms with E-state index < -0.39 is 102 Å². The number of carbonyl (C=O) groups is 8. The minimum Gasteiger partial charge on any atom is -0.370 e. The Balaban J connectivity index is 1.38. The smallest absolute Gasteiger partial charge is 0.246 e. The first kappa shape index (κ1) is 52.1. The zero-order valence-electron chi connectivity index (χ0n) is 40.1. The molecule has 0 unspecified atom stereocenters. The van der Waals surface area contributed by atoms with Crippen LogP contribution in [0.15, 0.2) is 91.0 Å². The lowest BCUT2D eigenvalue weighted by Crippen LogP contribution is -2.62. The summed E-state index contributed by atoms with van der Waals surface area (Å²) in [5.41, 5.74) is 7.65. The SMILES string of the molecule is CC(C)[C@@H]1NC(=O)[C@H](Cc2ccccc2)NC(=O)[C@H](Cc2ccccc2)NC(=O)[C@H](CCCNC(=N)N)NC(=O)[C@@H]2CCCN2C(=O)[C@H]2CCCN2C(=O)[C@H](Cc2ccccc2)NC(=O)[C@H](C)NC1=O. The predicted octanol–water partition coefficient (Wildman–Crippen LogP) is 0.558. The highest BCUT2D eigenvalue weighted by molar-refractivity contribution is 5.99. The molecule has 374 valence electrons. The molecular formula is C51H67N11O8. The summed E-state index contributed by atoms with van der Waals surface area (Å²) in [5.74, 6) is -5.76. The fourth-order valence-electron chi connectivity index (χ4n) is 9.21. The van der Waals surface area contributed by atoms with Crippen molar-refractivity contribution < 1.29 is 38.4 Å². The molecule has 8 atom stereocenters. The Bertz CT molecular complexity index is 2340. The lowest BCUT2D eigenvalue weighted by Gasteiger charge is -2.34. The second kappa shape index (κ2) is 24.8. The number of amides is 8. The van der Waals surface area contributed by atoms with Crippen molar-refractivity contribution in [3.8, 4) is 0 Å². The van der Waals surface area contributed by atoms with Crippen LogP contribution in [0.2, 0.25) is 0 Å². The van der Waals surface area contributed by atoms with Gasteiger partial charge in [0.15, 0.2) is 5.96 Å². The molecule has 3 aliphatic heterocycles. The summed E-state index contributed by atoms with van der Waals surface area (Å²) in [4.78, 5) is 118. The third kappa shape index (κ3) is 14.1. The molecule has 0 saturated carbocycles. The van der Waals surface area contributed by atoms with E-state index >= 15 is 0 Å². The van der Waals surface area contributed by atoms with Crippen LogP contribution >= 0.6 is 0 Å². The highest BCUT2D eigenvalue weighted by atomic mass is 16.2. The molecule has 3 heterocycles. The van der Waals surface area contributed by atoms with Crippen molar-refractivity contribution in [3.05, 3.63) is 108 Å². The maximum atomic E-state index is 14.6. The van der Waals surface area contributed by atoms with Gasteiger partial charge in [-0.15, -0.1) is 0 Å². The van der Waals surface area contributed by atoms with Gasteiger partial charge in [-0.25, -0.2) is 0 Å². The van der Waals surface area contributed by atoms with Crippen molar-refractivity contribution in [2.45, 2.75) is 127 Å². The van der Waals surface area contributed by atoms with Gasteiger partial charge in [-0.3, -0.25) is 43.8 Å². The van der Waals surface area contributed by atoms with E-state index in [-0.39, 0.29) is 64.1 Å². The molecule has 6 rings (SSSR count). The Kier molecular flexibility index (Phi) is 18.5. The Morgan fingerprint density at radius 1 is 0.571 bits per heavy atom. The van der Waals surface area contributed by atoms with Crippen molar-refractivity contribution in [2.24, 2.45) is 11.7 Å². The van der Waals surface area contributed by atoms with Crippen molar-refractivity contribution in [2.75, 3.05) is 19.6 Å². The standard InChI is InChI=1S/C51H67N11O8/c1-31(2)42-48(68)55-32(3)43(63)59-39(30-35-20-11-6-12-21-35)49(69)62-27-15-24-41(62)50(70)61-26-14-23-40(61)47(67)56-36(22-13-25-54-51(52)53)44(64)57-37(28-33-16-7-4-8-17-33)45(65)58-38(46(66)60-42)29-34-18-9-5-10-19-34/h4-12,16-21,31-32,36-42H,13-15,22-30H2,1-3H3,(H,55,68)(H,56,67)(H,57,64)(H,58,65)(H,59,63)(H,60,66)(H4,52,53,54)/t32-,36-,37-,38-,39-,40-,41+,42-/m0/s1. The molecule has 3 aromatic carbocycles. The second-order valence-electron chi connectivity index (χ2n) is 18.6. The summed E-state index contributed by atoms with van der Waals surface area (Å²) < 4.78 is 0. The second-order valence-corrected chi connectivity index (χ2v) is 18.6. The van der Waals surface area contributed by atoms with E-state index in [1.807, 2.05) is 36.4 Å². The molecule has 19 nitrogen and oxygen atoms in total. The van der Waals surface area contributed by atoms with Crippen LogP contribution in [-0.4, -0.2) is 131 Å². The Morgan fingerprint density at radius 2 is 1.01 bits per heavy atom. The third-order valence-corrected chi connectivity index (χ3v) is 13.0. The van der Waals surface area contributed by atoms with Crippen LogP contribution in [0.1, 0.15) is 76.0 Å². The Morgan fingerprint density at radius 3 is 1.53 bits per heavy atom. The largest absolute Gasteiger partial charge is 0.370 e. The number of guanidine groups is 1. The minimum atomic E-state index is -1.27. The van der Waals surface area contributed by atoms with Gasteiger partial charge in [0.2, 0.25) is 47.3 Å². The maximum Gasteiger partial charge on any atom is 0.246 e. The number of fused-ring (bicyclic) bond motifs is 2.